The molecule has 0 saturated carbocycles. The fourth-order valence-corrected chi connectivity index (χ4v) is 3.14. The van der Waals surface area contributed by atoms with Crippen LogP contribution < -0.4 is 0 Å². The first-order valence-corrected chi connectivity index (χ1v) is 7.85. The molecule has 114 valence electrons. The van der Waals surface area contributed by atoms with Crippen molar-refractivity contribution >= 4 is 22.6 Å². The van der Waals surface area contributed by atoms with Crippen molar-refractivity contribution < 1.29 is 9.47 Å². The van der Waals surface area contributed by atoms with E-state index in [4.69, 9.17) is 26.1 Å². The van der Waals surface area contributed by atoms with Crippen LogP contribution in [-0.2, 0) is 22.4 Å². The molecule has 0 bridgehead atoms. The normalized spacial score (nSPS) is 22.2. The number of nitrogens with zero attached hydrogens (tertiary/aromatic N) is 2. The first kappa shape index (κ1) is 14.8. The minimum atomic E-state index is -0.250. The highest BCUT2D eigenvalue weighted by atomic mass is 35.5. The topological polar surface area (TPSA) is 36.3 Å². The summed E-state index contributed by atoms with van der Waals surface area (Å²) in [7, 11) is 1.76. The molecule has 1 aliphatic rings. The van der Waals surface area contributed by atoms with Crippen LogP contribution in [0.1, 0.15) is 17.8 Å². The molecular formula is C16H21ClN2O2. The molecule has 0 N–H and O–H groups in total. The average molecular weight is 309 g/mol. The van der Waals surface area contributed by atoms with Crippen LogP contribution in [0.15, 0.2) is 18.2 Å². The second kappa shape index (κ2) is 5.95. The van der Waals surface area contributed by atoms with E-state index in [1.165, 1.54) is 5.56 Å². The third kappa shape index (κ3) is 2.80. The lowest BCUT2D eigenvalue weighted by Crippen LogP contribution is -2.37. The van der Waals surface area contributed by atoms with E-state index >= 15 is 0 Å². The molecule has 4 nitrogen and oxygen atoms in total. The molecule has 1 fully saturated rings. The van der Waals surface area contributed by atoms with Crippen LogP contribution in [0.25, 0.3) is 11.0 Å². The van der Waals surface area contributed by atoms with Crippen LogP contribution in [0.3, 0.4) is 0 Å². The highest BCUT2D eigenvalue weighted by Crippen LogP contribution is 2.28. The predicted octanol–water partition coefficient (Wildman–Crippen LogP) is 2.93. The van der Waals surface area contributed by atoms with Crippen LogP contribution in [0.5, 0.6) is 0 Å². The number of hydrogen-bond donors (Lipinski definition) is 0. The van der Waals surface area contributed by atoms with E-state index in [0.29, 0.717) is 12.5 Å². The number of halogens is 1. The molecule has 2 aromatic rings. The fourth-order valence-electron chi connectivity index (χ4n) is 2.97. The van der Waals surface area contributed by atoms with Gasteiger partial charge < -0.3 is 14.0 Å². The van der Waals surface area contributed by atoms with Crippen molar-refractivity contribution in [2.24, 2.45) is 0 Å². The molecule has 1 aliphatic heterocycles. The van der Waals surface area contributed by atoms with Gasteiger partial charge in [0.2, 0.25) is 0 Å². The van der Waals surface area contributed by atoms with E-state index < -0.39 is 0 Å². The predicted molar refractivity (Wildman–Crippen MR) is 84.1 cm³/mol. The summed E-state index contributed by atoms with van der Waals surface area (Å²) in [6.07, 6.45) is 1.67. The maximum Gasteiger partial charge on any atom is 0.111 e. The highest BCUT2D eigenvalue weighted by molar-refractivity contribution is 6.17. The van der Waals surface area contributed by atoms with Crippen molar-refractivity contribution in [2.75, 3.05) is 26.2 Å². The number of benzene rings is 1. The molecule has 1 aromatic carbocycles. The minimum absolute atomic E-state index is 0.250. The van der Waals surface area contributed by atoms with Crippen molar-refractivity contribution in [3.05, 3.63) is 29.6 Å². The summed E-state index contributed by atoms with van der Waals surface area (Å²) < 4.78 is 13.6. The number of rotatable bonds is 5. The molecule has 0 aliphatic carbocycles. The van der Waals surface area contributed by atoms with Crippen LogP contribution in [-0.4, -0.2) is 41.4 Å². The number of methoxy groups -OCH3 is 1. The smallest absolute Gasteiger partial charge is 0.111 e. The molecule has 1 atom stereocenters. The van der Waals surface area contributed by atoms with Gasteiger partial charge in [0.15, 0.2) is 0 Å². The number of ether oxygens (including phenoxy) is 2. The molecule has 1 unspecified atom stereocenters. The molecule has 5 heteroatoms. The number of aryl methyl sites for hydroxylation is 2. The zero-order valence-electron chi connectivity index (χ0n) is 12.6. The van der Waals surface area contributed by atoms with Crippen LogP contribution in [0.4, 0.5) is 0 Å². The summed E-state index contributed by atoms with van der Waals surface area (Å²) in [6.45, 7) is 4.23. The van der Waals surface area contributed by atoms with E-state index in [0.717, 1.165) is 42.9 Å². The van der Waals surface area contributed by atoms with Crippen molar-refractivity contribution in [1.82, 2.24) is 9.55 Å². The summed E-state index contributed by atoms with van der Waals surface area (Å²) >= 11 is 5.94. The highest BCUT2D eigenvalue weighted by Gasteiger charge is 2.36. The second-order valence-electron chi connectivity index (χ2n) is 5.74. The van der Waals surface area contributed by atoms with E-state index in [2.05, 4.69) is 29.7 Å². The number of alkyl halides is 1. The van der Waals surface area contributed by atoms with Crippen molar-refractivity contribution in [3.8, 4) is 0 Å². The number of imidazole rings is 1. The molecule has 1 saturated heterocycles. The Bertz CT molecular complexity index is 632. The van der Waals surface area contributed by atoms with Gasteiger partial charge in [-0.05, 0) is 24.6 Å². The number of fused-ring (bicyclic) bond motifs is 1. The molecule has 0 spiro atoms. The molecular weight excluding hydrogens is 288 g/mol. The zero-order chi connectivity index (χ0) is 14.9. The minimum Gasteiger partial charge on any atom is -0.378 e. The summed E-state index contributed by atoms with van der Waals surface area (Å²) in [5, 5.41) is 0. The van der Waals surface area contributed by atoms with Gasteiger partial charge in [0.05, 0.1) is 24.2 Å². The van der Waals surface area contributed by atoms with Gasteiger partial charge in [-0.15, -0.1) is 11.6 Å². The SMILES string of the molecule is COC1(Cn2c(CCCl)nc3cc(C)ccc32)CCOC1. The Hall–Kier alpha value is -1.10. The Balaban J connectivity index is 2.04. The molecule has 0 amide bonds. The third-order valence-electron chi connectivity index (χ3n) is 4.25. The molecule has 3 rings (SSSR count). The van der Waals surface area contributed by atoms with Crippen molar-refractivity contribution in [2.45, 2.75) is 31.9 Å². The van der Waals surface area contributed by atoms with Gasteiger partial charge in [0, 0.05) is 32.4 Å². The van der Waals surface area contributed by atoms with Gasteiger partial charge in [0.1, 0.15) is 11.4 Å². The number of aromatic nitrogens is 2. The summed E-state index contributed by atoms with van der Waals surface area (Å²) in [5.74, 6) is 1.59. The van der Waals surface area contributed by atoms with Crippen LogP contribution in [0.2, 0.25) is 0 Å². The van der Waals surface area contributed by atoms with Gasteiger partial charge >= 0.3 is 0 Å². The van der Waals surface area contributed by atoms with E-state index in [9.17, 15) is 0 Å². The first-order valence-electron chi connectivity index (χ1n) is 7.32. The Kier molecular flexibility index (Phi) is 4.20. The lowest BCUT2D eigenvalue weighted by molar-refractivity contribution is -0.0292. The quantitative estimate of drug-likeness (QED) is 0.797. The Morgan fingerprint density at radius 3 is 3.00 bits per heavy atom. The maximum atomic E-state index is 5.94. The van der Waals surface area contributed by atoms with Crippen LogP contribution in [0, 0.1) is 6.92 Å². The molecule has 0 radical (unpaired) electrons. The van der Waals surface area contributed by atoms with Crippen molar-refractivity contribution in [3.63, 3.8) is 0 Å². The molecule has 2 heterocycles. The summed E-state index contributed by atoms with van der Waals surface area (Å²) in [6, 6.07) is 6.37. The van der Waals surface area contributed by atoms with Gasteiger partial charge in [-0.3, -0.25) is 0 Å². The van der Waals surface area contributed by atoms with Gasteiger partial charge in [0.25, 0.3) is 0 Å². The average Bonchev–Trinajstić information content (AvgIpc) is 3.06. The maximum absolute atomic E-state index is 5.94. The van der Waals surface area contributed by atoms with Gasteiger partial charge in [-0.25, -0.2) is 4.98 Å². The van der Waals surface area contributed by atoms with Gasteiger partial charge in [-0.2, -0.15) is 0 Å². The zero-order valence-corrected chi connectivity index (χ0v) is 13.3. The van der Waals surface area contributed by atoms with E-state index in [-0.39, 0.29) is 5.60 Å². The molecule has 21 heavy (non-hydrogen) atoms. The van der Waals surface area contributed by atoms with Crippen LogP contribution >= 0.6 is 11.6 Å². The second-order valence-corrected chi connectivity index (χ2v) is 6.11. The standard InChI is InChI=1S/C16H21ClN2O2/c1-12-3-4-14-13(9-12)18-15(5-7-17)19(14)10-16(20-2)6-8-21-11-16/h3-4,9H,5-8,10-11H2,1-2H3. The van der Waals surface area contributed by atoms with Gasteiger partial charge in [-0.1, -0.05) is 6.07 Å². The lowest BCUT2D eigenvalue weighted by Gasteiger charge is -2.27. The van der Waals surface area contributed by atoms with E-state index in [1.807, 2.05) is 0 Å². The van der Waals surface area contributed by atoms with E-state index in [1.54, 1.807) is 7.11 Å². The molecule has 1 aromatic heterocycles. The summed E-state index contributed by atoms with van der Waals surface area (Å²) in [5.41, 5.74) is 3.14. The Labute approximate surface area is 130 Å². The number of hydrogen-bond acceptors (Lipinski definition) is 3. The Morgan fingerprint density at radius 2 is 2.33 bits per heavy atom. The third-order valence-corrected chi connectivity index (χ3v) is 4.44. The Morgan fingerprint density at radius 1 is 1.48 bits per heavy atom. The van der Waals surface area contributed by atoms with Crippen molar-refractivity contribution in [1.29, 1.82) is 0 Å². The lowest BCUT2D eigenvalue weighted by atomic mass is 10.0. The first-order chi connectivity index (χ1) is 10.2. The largest absolute Gasteiger partial charge is 0.378 e. The monoisotopic (exact) mass is 308 g/mol. The fraction of sp³-hybridized carbons (Fsp3) is 0.562. The summed E-state index contributed by atoms with van der Waals surface area (Å²) in [4.78, 5) is 4.75.